The Bertz CT molecular complexity index is 712. The fourth-order valence-electron chi connectivity index (χ4n) is 3.76. The van der Waals surface area contributed by atoms with Crippen molar-refractivity contribution in [3.63, 3.8) is 0 Å². The lowest BCUT2D eigenvalue weighted by Crippen LogP contribution is -2.47. The molecule has 1 aromatic rings. The Balaban J connectivity index is 1.70. The van der Waals surface area contributed by atoms with Crippen LogP contribution < -0.4 is 4.74 Å². The summed E-state index contributed by atoms with van der Waals surface area (Å²) in [5.41, 5.74) is 0. The molecule has 6 nitrogen and oxygen atoms in total. The molecule has 2 heterocycles. The summed E-state index contributed by atoms with van der Waals surface area (Å²) in [6.07, 6.45) is 4.76. The van der Waals surface area contributed by atoms with E-state index in [4.69, 9.17) is 4.74 Å². The van der Waals surface area contributed by atoms with Crippen LogP contribution in [-0.4, -0.2) is 56.3 Å². The highest BCUT2D eigenvalue weighted by molar-refractivity contribution is 7.89. The van der Waals surface area contributed by atoms with Crippen LogP contribution in [0, 0.1) is 5.92 Å². The molecule has 0 aliphatic carbocycles. The zero-order valence-electron chi connectivity index (χ0n) is 15.4. The number of benzene rings is 1. The van der Waals surface area contributed by atoms with Crippen molar-refractivity contribution in [3.05, 3.63) is 24.3 Å². The van der Waals surface area contributed by atoms with Gasteiger partial charge in [0.25, 0.3) is 0 Å². The molecule has 3 rings (SSSR count). The third-order valence-electron chi connectivity index (χ3n) is 5.17. The summed E-state index contributed by atoms with van der Waals surface area (Å²) in [4.78, 5) is 14.9. The van der Waals surface area contributed by atoms with Crippen LogP contribution in [0.2, 0.25) is 0 Å². The van der Waals surface area contributed by atoms with Crippen molar-refractivity contribution < 1.29 is 17.9 Å². The van der Waals surface area contributed by atoms with Gasteiger partial charge in [0.05, 0.1) is 17.4 Å². The minimum Gasteiger partial charge on any atom is -0.494 e. The number of sulfonamides is 1. The van der Waals surface area contributed by atoms with Crippen LogP contribution in [0.4, 0.5) is 0 Å². The van der Waals surface area contributed by atoms with Crippen LogP contribution in [0.5, 0.6) is 5.75 Å². The minimum absolute atomic E-state index is 0.122. The average Bonchev–Trinajstić information content (AvgIpc) is 2.69. The predicted octanol–water partition coefficient (Wildman–Crippen LogP) is 2.50. The fraction of sp³-hybridized carbons (Fsp3) is 0.632. The lowest BCUT2D eigenvalue weighted by Gasteiger charge is -2.35. The molecule has 0 unspecified atom stereocenters. The molecule has 144 valence electrons. The number of hydrogen-bond donors (Lipinski definition) is 0. The Kier molecular flexibility index (Phi) is 6.19. The van der Waals surface area contributed by atoms with Crippen molar-refractivity contribution in [1.82, 2.24) is 9.21 Å². The van der Waals surface area contributed by atoms with Gasteiger partial charge in [-0.2, -0.15) is 4.31 Å². The minimum atomic E-state index is -3.58. The highest BCUT2D eigenvalue weighted by atomic mass is 32.2. The van der Waals surface area contributed by atoms with Gasteiger partial charge in [-0.15, -0.1) is 0 Å². The molecular formula is C19H28N2O4S. The Morgan fingerprint density at radius 1 is 1.08 bits per heavy atom. The van der Waals surface area contributed by atoms with E-state index in [0.717, 1.165) is 38.8 Å². The van der Waals surface area contributed by atoms with Gasteiger partial charge in [0.1, 0.15) is 5.75 Å². The van der Waals surface area contributed by atoms with Crippen LogP contribution in [0.15, 0.2) is 29.2 Å². The number of rotatable bonds is 5. The first-order valence-electron chi connectivity index (χ1n) is 9.54. The van der Waals surface area contributed by atoms with Gasteiger partial charge in [-0.3, -0.25) is 4.79 Å². The number of nitrogens with zero attached hydrogens (tertiary/aromatic N) is 2. The van der Waals surface area contributed by atoms with Crippen molar-refractivity contribution in [2.24, 2.45) is 5.92 Å². The molecule has 2 fully saturated rings. The van der Waals surface area contributed by atoms with Crippen molar-refractivity contribution in [3.8, 4) is 5.75 Å². The van der Waals surface area contributed by atoms with E-state index in [1.165, 1.54) is 10.7 Å². The molecular weight excluding hydrogens is 352 g/mol. The maximum absolute atomic E-state index is 13.0. The first-order valence-corrected chi connectivity index (χ1v) is 11.0. The standard InChI is InChI=1S/C19H28N2O4S/c1-2-25-17-8-10-18(11-9-17)26(23,24)21-14-6-7-16(15-21)19(22)20-12-4-3-5-13-20/h8-11,16H,2-7,12-15H2,1H3/t16-/m1/s1. The monoisotopic (exact) mass is 380 g/mol. The molecule has 2 aliphatic rings. The topological polar surface area (TPSA) is 66.9 Å². The van der Waals surface area contributed by atoms with E-state index in [1.54, 1.807) is 24.3 Å². The van der Waals surface area contributed by atoms with Crippen LogP contribution in [0.25, 0.3) is 0 Å². The Labute approximate surface area is 156 Å². The molecule has 7 heteroatoms. The van der Waals surface area contributed by atoms with Gasteiger partial charge in [-0.25, -0.2) is 8.42 Å². The molecule has 2 saturated heterocycles. The number of hydrogen-bond acceptors (Lipinski definition) is 4. The Morgan fingerprint density at radius 2 is 1.77 bits per heavy atom. The predicted molar refractivity (Wildman–Crippen MR) is 99.5 cm³/mol. The molecule has 0 spiro atoms. The van der Waals surface area contributed by atoms with Gasteiger partial charge >= 0.3 is 0 Å². The van der Waals surface area contributed by atoms with E-state index in [0.29, 0.717) is 18.9 Å². The first-order chi connectivity index (χ1) is 12.5. The maximum atomic E-state index is 13.0. The number of piperidine rings is 2. The van der Waals surface area contributed by atoms with Crippen LogP contribution >= 0.6 is 0 Å². The Hall–Kier alpha value is -1.60. The van der Waals surface area contributed by atoms with Gasteiger partial charge in [0.2, 0.25) is 15.9 Å². The molecule has 1 amide bonds. The quantitative estimate of drug-likeness (QED) is 0.787. The van der Waals surface area contributed by atoms with Crippen molar-refractivity contribution >= 4 is 15.9 Å². The van der Waals surface area contributed by atoms with E-state index in [1.807, 2.05) is 11.8 Å². The summed E-state index contributed by atoms with van der Waals surface area (Å²) < 4.78 is 32.8. The van der Waals surface area contributed by atoms with Crippen LogP contribution in [0.3, 0.4) is 0 Å². The van der Waals surface area contributed by atoms with Crippen molar-refractivity contribution in [1.29, 1.82) is 0 Å². The first kappa shape index (κ1) is 19.2. The summed E-state index contributed by atoms with van der Waals surface area (Å²) >= 11 is 0. The summed E-state index contributed by atoms with van der Waals surface area (Å²) in [6.45, 7) is 4.79. The molecule has 26 heavy (non-hydrogen) atoms. The van der Waals surface area contributed by atoms with Gasteiger partial charge in [0.15, 0.2) is 0 Å². The molecule has 0 saturated carbocycles. The number of likely N-dealkylation sites (tertiary alicyclic amines) is 1. The zero-order chi connectivity index (χ0) is 18.6. The molecule has 0 radical (unpaired) electrons. The van der Waals surface area contributed by atoms with E-state index in [9.17, 15) is 13.2 Å². The average molecular weight is 381 g/mol. The van der Waals surface area contributed by atoms with Crippen molar-refractivity contribution in [2.45, 2.75) is 43.9 Å². The van der Waals surface area contributed by atoms with Gasteiger partial charge < -0.3 is 9.64 Å². The normalized spacial score (nSPS) is 22.2. The number of ether oxygens (including phenoxy) is 1. The second-order valence-electron chi connectivity index (χ2n) is 6.99. The molecule has 2 aliphatic heterocycles. The third-order valence-corrected chi connectivity index (χ3v) is 7.05. The summed E-state index contributed by atoms with van der Waals surface area (Å²) in [7, 11) is -3.58. The fourth-order valence-corrected chi connectivity index (χ4v) is 5.28. The van der Waals surface area contributed by atoms with Crippen molar-refractivity contribution in [2.75, 3.05) is 32.8 Å². The smallest absolute Gasteiger partial charge is 0.243 e. The van der Waals surface area contributed by atoms with Gasteiger partial charge in [-0.1, -0.05) is 0 Å². The van der Waals surface area contributed by atoms with Gasteiger partial charge in [-0.05, 0) is 63.3 Å². The van der Waals surface area contributed by atoms with E-state index < -0.39 is 10.0 Å². The highest BCUT2D eigenvalue weighted by Gasteiger charge is 2.35. The molecule has 0 aromatic heterocycles. The molecule has 1 aromatic carbocycles. The van der Waals surface area contributed by atoms with Gasteiger partial charge in [0, 0.05) is 26.2 Å². The Morgan fingerprint density at radius 3 is 2.42 bits per heavy atom. The summed E-state index contributed by atoms with van der Waals surface area (Å²) in [6, 6.07) is 6.51. The largest absolute Gasteiger partial charge is 0.494 e. The summed E-state index contributed by atoms with van der Waals surface area (Å²) in [5, 5.41) is 0. The lowest BCUT2D eigenvalue weighted by atomic mass is 9.97. The third kappa shape index (κ3) is 4.20. The molecule has 1 atom stereocenters. The van der Waals surface area contributed by atoms with Crippen LogP contribution in [-0.2, 0) is 14.8 Å². The summed E-state index contributed by atoms with van der Waals surface area (Å²) in [5.74, 6) is 0.555. The molecule has 0 N–H and O–H groups in total. The lowest BCUT2D eigenvalue weighted by molar-refractivity contribution is -0.137. The van der Waals surface area contributed by atoms with E-state index in [2.05, 4.69) is 0 Å². The highest BCUT2D eigenvalue weighted by Crippen LogP contribution is 2.27. The maximum Gasteiger partial charge on any atom is 0.243 e. The number of carbonyl (C=O) groups excluding carboxylic acids is 1. The zero-order valence-corrected chi connectivity index (χ0v) is 16.2. The SMILES string of the molecule is CCOc1ccc(S(=O)(=O)N2CCC[C@@H](C(=O)N3CCCCC3)C2)cc1. The second-order valence-corrected chi connectivity index (χ2v) is 8.93. The number of carbonyl (C=O) groups is 1. The van der Waals surface area contributed by atoms with E-state index >= 15 is 0 Å². The van der Waals surface area contributed by atoms with E-state index in [-0.39, 0.29) is 23.3 Å². The number of amides is 1. The molecule has 0 bridgehead atoms. The second kappa shape index (κ2) is 8.39. The van der Waals surface area contributed by atoms with Crippen LogP contribution in [0.1, 0.15) is 39.0 Å².